The van der Waals surface area contributed by atoms with E-state index in [1.165, 1.54) is 4.68 Å². The second-order valence-electron chi connectivity index (χ2n) is 6.85. The highest BCUT2D eigenvalue weighted by atomic mass is 16.2. The van der Waals surface area contributed by atoms with Crippen molar-refractivity contribution in [2.24, 2.45) is 13.0 Å². The van der Waals surface area contributed by atoms with E-state index in [0.29, 0.717) is 34.7 Å². The number of carbonyl (C=O) groups excluding carboxylic acids is 3. The molecule has 0 spiro atoms. The molecule has 0 radical (unpaired) electrons. The van der Waals surface area contributed by atoms with Crippen LogP contribution in [-0.2, 0) is 23.1 Å². The number of fused-ring (bicyclic) bond motifs is 2. The third kappa shape index (κ3) is 2.69. The van der Waals surface area contributed by atoms with Crippen LogP contribution in [0.5, 0.6) is 0 Å². The van der Waals surface area contributed by atoms with Crippen molar-refractivity contribution in [2.75, 3.05) is 10.6 Å². The van der Waals surface area contributed by atoms with Crippen LogP contribution in [0.1, 0.15) is 28.5 Å². The fourth-order valence-electron chi connectivity index (χ4n) is 3.50. The van der Waals surface area contributed by atoms with Gasteiger partial charge < -0.3 is 15.6 Å². The molecule has 3 N–H and O–H groups in total. The zero-order valence-electron chi connectivity index (χ0n) is 15.2. The molecule has 3 aromatic rings. The molecular formula is C19H19N5O3. The summed E-state index contributed by atoms with van der Waals surface area (Å²) in [6.07, 6.45) is 0.449. The first-order valence-electron chi connectivity index (χ1n) is 8.66. The first-order chi connectivity index (χ1) is 12.9. The molecule has 27 heavy (non-hydrogen) atoms. The van der Waals surface area contributed by atoms with E-state index < -0.39 is 11.7 Å². The van der Waals surface area contributed by atoms with Crippen LogP contribution >= 0.6 is 0 Å². The Hall–Kier alpha value is -3.42. The monoisotopic (exact) mass is 365 g/mol. The van der Waals surface area contributed by atoms with E-state index in [0.717, 1.165) is 11.1 Å². The summed E-state index contributed by atoms with van der Waals surface area (Å²) in [4.78, 5) is 40.4. The van der Waals surface area contributed by atoms with Crippen LogP contribution in [0.25, 0.3) is 10.9 Å². The second kappa shape index (κ2) is 6.08. The number of rotatable bonds is 3. The molecule has 0 aliphatic carbocycles. The summed E-state index contributed by atoms with van der Waals surface area (Å²) >= 11 is 0. The summed E-state index contributed by atoms with van der Waals surface area (Å²) in [5.41, 5.74) is 2.52. The molecule has 0 saturated heterocycles. The zero-order chi connectivity index (χ0) is 19.3. The average Bonchev–Trinajstić information content (AvgIpc) is 3.11. The molecule has 3 heterocycles. The second-order valence-corrected chi connectivity index (χ2v) is 6.85. The lowest BCUT2D eigenvalue weighted by Gasteiger charge is -2.19. The molecule has 2 aromatic heterocycles. The number of H-pyrrole nitrogens is 1. The maximum Gasteiger partial charge on any atom is 0.298 e. The van der Waals surface area contributed by atoms with Crippen molar-refractivity contribution in [1.82, 2.24) is 14.8 Å². The minimum atomic E-state index is -0.756. The number of benzene rings is 1. The summed E-state index contributed by atoms with van der Waals surface area (Å²) in [7, 11) is 1.68. The Labute approximate surface area is 154 Å². The highest BCUT2D eigenvalue weighted by Crippen LogP contribution is 2.31. The molecule has 1 aliphatic heterocycles. The molecule has 8 heteroatoms. The Morgan fingerprint density at radius 2 is 2.04 bits per heavy atom. The van der Waals surface area contributed by atoms with Crippen LogP contribution in [0.3, 0.4) is 0 Å². The van der Waals surface area contributed by atoms with E-state index in [9.17, 15) is 14.4 Å². The van der Waals surface area contributed by atoms with Crippen LogP contribution < -0.4 is 10.6 Å². The van der Waals surface area contributed by atoms with E-state index in [1.807, 2.05) is 18.2 Å². The number of aromatic amines is 1. The average molecular weight is 365 g/mol. The van der Waals surface area contributed by atoms with E-state index in [1.54, 1.807) is 27.0 Å². The molecule has 1 aromatic carbocycles. The van der Waals surface area contributed by atoms with E-state index >= 15 is 0 Å². The van der Waals surface area contributed by atoms with Gasteiger partial charge in [-0.25, -0.2) is 0 Å². The maximum absolute atomic E-state index is 12.8. The molecule has 0 fully saturated rings. The number of nitrogens with zero attached hydrogens (tertiary/aromatic N) is 2. The third-order valence-corrected chi connectivity index (χ3v) is 4.90. The number of aromatic nitrogens is 3. The van der Waals surface area contributed by atoms with Gasteiger partial charge in [-0.3, -0.25) is 19.1 Å². The largest absolute Gasteiger partial charge is 0.358 e. The fraction of sp³-hybridized carbons (Fsp3) is 0.263. The predicted molar refractivity (Wildman–Crippen MR) is 101 cm³/mol. The van der Waals surface area contributed by atoms with Gasteiger partial charge in [0.15, 0.2) is 5.82 Å². The quantitative estimate of drug-likeness (QED) is 0.488. The minimum absolute atomic E-state index is 0.0890. The number of hydrogen-bond acceptors (Lipinski definition) is 4. The van der Waals surface area contributed by atoms with E-state index in [-0.39, 0.29) is 11.8 Å². The number of nitrogens with one attached hydrogen (secondary N) is 3. The van der Waals surface area contributed by atoms with Gasteiger partial charge in [0.1, 0.15) is 5.82 Å². The Morgan fingerprint density at radius 1 is 1.30 bits per heavy atom. The normalized spacial score (nSPS) is 16.1. The van der Waals surface area contributed by atoms with Crippen LogP contribution in [-0.4, -0.2) is 32.4 Å². The van der Waals surface area contributed by atoms with Gasteiger partial charge in [0.25, 0.3) is 11.7 Å². The number of carbonyl (C=O) groups is 3. The zero-order valence-corrected chi connectivity index (χ0v) is 15.2. The number of aryl methyl sites for hydroxylation is 2. The van der Waals surface area contributed by atoms with Crippen molar-refractivity contribution in [2.45, 2.75) is 20.3 Å². The van der Waals surface area contributed by atoms with E-state index in [4.69, 9.17) is 0 Å². The van der Waals surface area contributed by atoms with Gasteiger partial charge in [-0.15, -0.1) is 0 Å². The number of anilines is 2. The molecule has 1 aliphatic rings. The van der Waals surface area contributed by atoms with Gasteiger partial charge in [-0.05, 0) is 19.4 Å². The highest BCUT2D eigenvalue weighted by Gasteiger charge is 2.30. The van der Waals surface area contributed by atoms with Crippen molar-refractivity contribution in [3.05, 3.63) is 41.1 Å². The number of amides is 2. The Kier molecular flexibility index (Phi) is 3.83. The molecule has 1 atom stereocenters. The Bertz CT molecular complexity index is 1110. The molecule has 0 bridgehead atoms. The third-order valence-electron chi connectivity index (χ3n) is 4.90. The lowest BCUT2D eigenvalue weighted by molar-refractivity contribution is -0.119. The molecule has 0 unspecified atom stereocenters. The predicted octanol–water partition coefficient (Wildman–Crippen LogP) is 2.16. The van der Waals surface area contributed by atoms with E-state index in [2.05, 4.69) is 20.7 Å². The van der Waals surface area contributed by atoms with Gasteiger partial charge in [0.05, 0.1) is 5.56 Å². The number of para-hydroxylation sites is 1. The lowest BCUT2D eigenvalue weighted by Crippen LogP contribution is -2.29. The summed E-state index contributed by atoms with van der Waals surface area (Å²) in [5, 5.41) is 10.4. The van der Waals surface area contributed by atoms with Crippen molar-refractivity contribution < 1.29 is 14.4 Å². The Morgan fingerprint density at radius 3 is 2.81 bits per heavy atom. The minimum Gasteiger partial charge on any atom is -0.358 e. The van der Waals surface area contributed by atoms with Gasteiger partial charge in [-0.1, -0.05) is 25.1 Å². The highest BCUT2D eigenvalue weighted by molar-refractivity contribution is 6.48. The van der Waals surface area contributed by atoms with Crippen LogP contribution in [0.4, 0.5) is 11.6 Å². The van der Waals surface area contributed by atoms with Crippen LogP contribution in [0.15, 0.2) is 24.3 Å². The summed E-state index contributed by atoms with van der Waals surface area (Å²) < 4.78 is 1.50. The molecule has 0 saturated carbocycles. The molecule has 138 valence electrons. The number of Topliss-reactive ketones (excluding diaryl/α,β-unsaturated/α-hetero) is 1. The van der Waals surface area contributed by atoms with Gasteiger partial charge in [0.2, 0.25) is 5.91 Å². The van der Waals surface area contributed by atoms with Gasteiger partial charge in [0, 0.05) is 35.1 Å². The molecular weight excluding hydrogens is 346 g/mol. The van der Waals surface area contributed by atoms with Gasteiger partial charge >= 0.3 is 0 Å². The summed E-state index contributed by atoms with van der Waals surface area (Å²) in [6, 6.07) is 7.35. The van der Waals surface area contributed by atoms with Crippen molar-refractivity contribution >= 4 is 40.1 Å². The van der Waals surface area contributed by atoms with Crippen molar-refractivity contribution in [3.8, 4) is 0 Å². The first-order valence-corrected chi connectivity index (χ1v) is 8.66. The Balaban J connectivity index is 1.65. The van der Waals surface area contributed by atoms with Crippen LogP contribution in [0.2, 0.25) is 0 Å². The van der Waals surface area contributed by atoms with Crippen molar-refractivity contribution in [3.63, 3.8) is 0 Å². The van der Waals surface area contributed by atoms with Crippen LogP contribution in [0, 0.1) is 12.8 Å². The standard InChI is InChI=1S/C19H19N5O3/c1-9-8-12-16(23-24(3)17(12)22-18(9)26)21-19(27)15(25)14-10(2)20-13-7-5-4-6-11(13)14/h4-7,9,20H,8H2,1-3H3,(H,22,26)(H,21,23,27)/t9-/m1/s1. The molecule has 2 amide bonds. The van der Waals surface area contributed by atoms with Crippen molar-refractivity contribution in [1.29, 1.82) is 0 Å². The lowest BCUT2D eigenvalue weighted by atomic mass is 9.98. The number of hydrogen-bond donors (Lipinski definition) is 3. The maximum atomic E-state index is 12.8. The summed E-state index contributed by atoms with van der Waals surface area (Å²) in [5.74, 6) is -0.859. The SMILES string of the molecule is Cc1[nH]c2ccccc2c1C(=O)C(=O)Nc1nn(C)c2c1C[C@@H](C)C(=O)N2. The fourth-order valence-corrected chi connectivity index (χ4v) is 3.50. The molecule has 8 nitrogen and oxygen atoms in total. The molecule has 4 rings (SSSR count). The smallest absolute Gasteiger partial charge is 0.298 e. The van der Waals surface area contributed by atoms with Gasteiger partial charge in [-0.2, -0.15) is 5.10 Å². The number of ketones is 1. The topological polar surface area (TPSA) is 109 Å². The first kappa shape index (κ1) is 17.0. The summed E-state index contributed by atoms with van der Waals surface area (Å²) in [6.45, 7) is 3.57.